The maximum atomic E-state index is 5.74. The van der Waals surface area contributed by atoms with Gasteiger partial charge in [-0.1, -0.05) is 57.9 Å². The van der Waals surface area contributed by atoms with Crippen LogP contribution in [0.1, 0.15) is 76.7 Å². The van der Waals surface area contributed by atoms with Gasteiger partial charge < -0.3 is 15.5 Å². The zero-order valence-electron chi connectivity index (χ0n) is 15.9. The minimum Gasteiger partial charge on any atom is -0.424 e. The maximum absolute atomic E-state index is 5.74. The molecule has 2 aromatic rings. The second-order valence-electron chi connectivity index (χ2n) is 6.97. The van der Waals surface area contributed by atoms with Crippen LogP contribution in [0.2, 0.25) is 0 Å². The van der Waals surface area contributed by atoms with E-state index in [9.17, 15) is 0 Å². The Morgan fingerprint density at radius 2 is 1.72 bits per heavy atom. The number of nitrogens with two attached hydrogens (primary N) is 1. The van der Waals surface area contributed by atoms with Crippen molar-refractivity contribution in [3.8, 4) is 0 Å². The average molecular weight is 346 g/mol. The number of nitrogens with zero attached hydrogens (tertiary/aromatic N) is 1. The topological polar surface area (TPSA) is 64.1 Å². The molecule has 4 heteroatoms. The molecule has 2 rings (SSSR count). The van der Waals surface area contributed by atoms with Crippen LogP contribution in [-0.2, 0) is 6.42 Å². The Labute approximate surface area is 152 Å². The van der Waals surface area contributed by atoms with Gasteiger partial charge in [0.05, 0.1) is 0 Å². The van der Waals surface area contributed by atoms with Gasteiger partial charge in [0.15, 0.2) is 5.58 Å². The van der Waals surface area contributed by atoms with Crippen molar-refractivity contribution in [2.75, 3.05) is 18.4 Å². The van der Waals surface area contributed by atoms with E-state index in [0.717, 1.165) is 43.5 Å². The number of rotatable bonds is 14. The van der Waals surface area contributed by atoms with Crippen LogP contribution in [0.4, 0.5) is 6.01 Å². The van der Waals surface area contributed by atoms with E-state index >= 15 is 0 Å². The molecule has 0 aliphatic carbocycles. The number of benzene rings is 1. The highest BCUT2D eigenvalue weighted by Crippen LogP contribution is 2.21. The SMILES string of the molecule is CCCCCCCCCCc1ccc2oc(NCCCCN)nc2c1. The summed E-state index contributed by atoms with van der Waals surface area (Å²) in [5.41, 5.74) is 8.69. The number of hydrogen-bond acceptors (Lipinski definition) is 4. The highest BCUT2D eigenvalue weighted by atomic mass is 16.4. The Bertz CT molecular complexity index is 594. The van der Waals surface area contributed by atoms with Gasteiger partial charge in [-0.2, -0.15) is 4.98 Å². The molecule has 0 aliphatic rings. The summed E-state index contributed by atoms with van der Waals surface area (Å²) in [6, 6.07) is 7.02. The summed E-state index contributed by atoms with van der Waals surface area (Å²) in [7, 11) is 0. The van der Waals surface area contributed by atoms with Gasteiger partial charge in [0.25, 0.3) is 6.01 Å². The first-order chi connectivity index (χ1) is 12.3. The van der Waals surface area contributed by atoms with E-state index in [1.807, 2.05) is 6.07 Å². The Kier molecular flexibility index (Phi) is 9.42. The summed E-state index contributed by atoms with van der Waals surface area (Å²) < 4.78 is 5.74. The van der Waals surface area contributed by atoms with Gasteiger partial charge in [0, 0.05) is 6.54 Å². The third-order valence-corrected chi connectivity index (χ3v) is 4.68. The predicted molar refractivity (Wildman–Crippen MR) is 107 cm³/mol. The summed E-state index contributed by atoms with van der Waals surface area (Å²) in [5, 5.41) is 3.24. The number of aryl methyl sites for hydroxylation is 1. The average Bonchev–Trinajstić information content (AvgIpc) is 3.03. The lowest BCUT2D eigenvalue weighted by atomic mass is 10.0. The predicted octanol–water partition coefficient (Wildman–Crippen LogP) is 5.66. The van der Waals surface area contributed by atoms with Crippen molar-refractivity contribution in [1.29, 1.82) is 0 Å². The van der Waals surface area contributed by atoms with Crippen molar-refractivity contribution < 1.29 is 4.42 Å². The van der Waals surface area contributed by atoms with Crippen molar-refractivity contribution >= 4 is 17.1 Å². The van der Waals surface area contributed by atoms with E-state index in [1.165, 1.54) is 56.9 Å². The zero-order chi connectivity index (χ0) is 17.7. The lowest BCUT2D eigenvalue weighted by molar-refractivity contribution is 0.575. The van der Waals surface area contributed by atoms with E-state index in [1.54, 1.807) is 0 Å². The van der Waals surface area contributed by atoms with Crippen LogP contribution in [0.25, 0.3) is 11.1 Å². The zero-order valence-corrected chi connectivity index (χ0v) is 15.9. The summed E-state index contributed by atoms with van der Waals surface area (Å²) in [5.74, 6) is 0. The second kappa shape index (κ2) is 11.9. The molecule has 0 atom stereocenters. The van der Waals surface area contributed by atoms with Gasteiger partial charge in [0.2, 0.25) is 0 Å². The molecule has 0 aliphatic heterocycles. The Hall–Kier alpha value is -1.55. The number of oxazole rings is 1. The number of hydrogen-bond donors (Lipinski definition) is 2. The van der Waals surface area contributed by atoms with Crippen LogP contribution >= 0.6 is 0 Å². The van der Waals surface area contributed by atoms with Crippen molar-refractivity contribution in [1.82, 2.24) is 4.98 Å². The third kappa shape index (κ3) is 7.47. The molecule has 0 unspecified atom stereocenters. The number of unbranched alkanes of at least 4 members (excludes halogenated alkanes) is 8. The molecular weight excluding hydrogens is 310 g/mol. The smallest absolute Gasteiger partial charge is 0.295 e. The molecule has 0 saturated carbocycles. The third-order valence-electron chi connectivity index (χ3n) is 4.68. The van der Waals surface area contributed by atoms with Gasteiger partial charge in [0.1, 0.15) is 5.52 Å². The molecule has 4 nitrogen and oxygen atoms in total. The van der Waals surface area contributed by atoms with E-state index in [0.29, 0.717) is 6.01 Å². The van der Waals surface area contributed by atoms with Crippen LogP contribution in [-0.4, -0.2) is 18.1 Å². The van der Waals surface area contributed by atoms with Crippen LogP contribution < -0.4 is 11.1 Å². The van der Waals surface area contributed by atoms with Gasteiger partial charge in [-0.05, 0) is 49.9 Å². The monoisotopic (exact) mass is 345 g/mol. The number of nitrogens with one attached hydrogen (secondary N) is 1. The van der Waals surface area contributed by atoms with Crippen molar-refractivity contribution in [2.24, 2.45) is 5.73 Å². The quantitative estimate of drug-likeness (QED) is 0.433. The molecule has 0 fully saturated rings. The standard InChI is InChI=1S/C21H35N3O/c1-2-3-4-5-6-7-8-9-12-18-13-14-20-19(17-18)24-21(25-20)23-16-11-10-15-22/h13-14,17H,2-12,15-16,22H2,1H3,(H,23,24). The Morgan fingerprint density at radius 1 is 0.960 bits per heavy atom. The summed E-state index contributed by atoms with van der Waals surface area (Å²) in [6.07, 6.45) is 14.1. The first-order valence-electron chi connectivity index (χ1n) is 10.2. The Balaban J connectivity index is 1.69. The molecule has 1 heterocycles. The molecule has 0 spiro atoms. The number of fused-ring (bicyclic) bond motifs is 1. The van der Waals surface area contributed by atoms with Crippen molar-refractivity contribution in [2.45, 2.75) is 77.6 Å². The molecule has 1 aromatic heterocycles. The van der Waals surface area contributed by atoms with Crippen LogP contribution in [0.3, 0.4) is 0 Å². The lowest BCUT2D eigenvalue weighted by Crippen LogP contribution is -2.05. The number of aromatic nitrogens is 1. The first-order valence-corrected chi connectivity index (χ1v) is 10.2. The fraction of sp³-hybridized carbons (Fsp3) is 0.667. The molecule has 0 bridgehead atoms. The van der Waals surface area contributed by atoms with Crippen molar-refractivity contribution in [3.63, 3.8) is 0 Å². The molecule has 3 N–H and O–H groups in total. The molecule has 25 heavy (non-hydrogen) atoms. The second-order valence-corrected chi connectivity index (χ2v) is 6.97. The summed E-state index contributed by atoms with van der Waals surface area (Å²) in [6.45, 7) is 3.86. The molecular formula is C21H35N3O. The highest BCUT2D eigenvalue weighted by Gasteiger charge is 2.06. The fourth-order valence-corrected chi connectivity index (χ4v) is 3.13. The van der Waals surface area contributed by atoms with Crippen LogP contribution in [0.5, 0.6) is 0 Å². The highest BCUT2D eigenvalue weighted by molar-refractivity contribution is 5.75. The molecule has 0 saturated heterocycles. The largest absolute Gasteiger partial charge is 0.424 e. The lowest BCUT2D eigenvalue weighted by Gasteiger charge is -2.02. The molecule has 140 valence electrons. The van der Waals surface area contributed by atoms with Gasteiger partial charge in [-0.3, -0.25) is 0 Å². The van der Waals surface area contributed by atoms with Crippen molar-refractivity contribution in [3.05, 3.63) is 23.8 Å². The molecule has 1 aromatic carbocycles. The first kappa shape index (κ1) is 19.8. The van der Waals surface area contributed by atoms with Gasteiger partial charge >= 0.3 is 0 Å². The van der Waals surface area contributed by atoms with Gasteiger partial charge in [-0.15, -0.1) is 0 Å². The number of anilines is 1. The minimum atomic E-state index is 0.622. The Morgan fingerprint density at radius 3 is 2.48 bits per heavy atom. The minimum absolute atomic E-state index is 0.622. The normalized spacial score (nSPS) is 11.3. The van der Waals surface area contributed by atoms with E-state index < -0.39 is 0 Å². The summed E-state index contributed by atoms with van der Waals surface area (Å²) >= 11 is 0. The maximum Gasteiger partial charge on any atom is 0.295 e. The van der Waals surface area contributed by atoms with Gasteiger partial charge in [-0.25, -0.2) is 0 Å². The van der Waals surface area contributed by atoms with Crippen LogP contribution in [0, 0.1) is 0 Å². The van der Waals surface area contributed by atoms with E-state index in [-0.39, 0.29) is 0 Å². The van der Waals surface area contributed by atoms with E-state index in [2.05, 4.69) is 29.4 Å². The van der Waals surface area contributed by atoms with Crippen LogP contribution in [0.15, 0.2) is 22.6 Å². The molecule has 0 amide bonds. The fourth-order valence-electron chi connectivity index (χ4n) is 3.13. The summed E-state index contributed by atoms with van der Waals surface area (Å²) in [4.78, 5) is 4.55. The molecule has 0 radical (unpaired) electrons. The van der Waals surface area contributed by atoms with E-state index in [4.69, 9.17) is 10.2 Å².